The van der Waals surface area contributed by atoms with E-state index in [1.807, 2.05) is 6.07 Å². The smallest absolute Gasteiger partial charge is 0.227 e. The molecular weight excluding hydrogens is 400 g/mol. The first-order valence-electron chi connectivity index (χ1n) is 10.2. The van der Waals surface area contributed by atoms with Gasteiger partial charge < -0.3 is 10.2 Å². The van der Waals surface area contributed by atoms with E-state index in [0.29, 0.717) is 11.9 Å². The third-order valence-electron chi connectivity index (χ3n) is 5.65. The lowest BCUT2D eigenvalue weighted by atomic mass is 9.94. The van der Waals surface area contributed by atoms with Crippen molar-refractivity contribution in [2.75, 3.05) is 32.7 Å². The molecule has 0 aliphatic carbocycles. The van der Waals surface area contributed by atoms with Crippen LogP contribution in [0.4, 0.5) is 4.39 Å². The van der Waals surface area contributed by atoms with Gasteiger partial charge in [0.15, 0.2) is 0 Å². The van der Waals surface area contributed by atoms with E-state index < -0.39 is 0 Å². The molecule has 1 aromatic rings. The van der Waals surface area contributed by atoms with Crippen molar-refractivity contribution in [3.05, 3.63) is 35.6 Å². The molecule has 1 N–H and O–H groups in total. The number of carbonyl (C=O) groups excluding carboxylic acids is 1. The summed E-state index contributed by atoms with van der Waals surface area (Å²) in [5.74, 6) is 0.230. The van der Waals surface area contributed by atoms with E-state index in [1.54, 1.807) is 12.1 Å². The zero-order chi connectivity index (χ0) is 18.4. The molecule has 28 heavy (non-hydrogen) atoms. The molecule has 2 heterocycles. The zero-order valence-corrected chi connectivity index (χ0v) is 18.4. The molecule has 160 valence electrons. The number of hydrogen-bond donors (Lipinski definition) is 1. The fourth-order valence-corrected chi connectivity index (χ4v) is 4.36. The molecule has 2 aliphatic heterocycles. The average molecular weight is 434 g/mol. The summed E-state index contributed by atoms with van der Waals surface area (Å²) in [6, 6.07) is 7.20. The molecule has 4 nitrogen and oxygen atoms in total. The Morgan fingerprint density at radius 3 is 2.68 bits per heavy atom. The van der Waals surface area contributed by atoms with Gasteiger partial charge in [-0.2, -0.15) is 0 Å². The molecular formula is C21H34Cl2FN3O. The van der Waals surface area contributed by atoms with Crippen LogP contribution in [0.1, 0.15) is 44.6 Å². The van der Waals surface area contributed by atoms with Gasteiger partial charge in [-0.1, -0.05) is 19.1 Å². The molecule has 1 amide bonds. The highest BCUT2D eigenvalue weighted by Gasteiger charge is 2.32. The van der Waals surface area contributed by atoms with Crippen molar-refractivity contribution in [2.45, 2.75) is 51.6 Å². The Balaban J connectivity index is 0.00000196. The molecule has 2 aliphatic rings. The van der Waals surface area contributed by atoms with E-state index in [1.165, 1.54) is 6.07 Å². The number of piperidine rings is 2. The third-order valence-corrected chi connectivity index (χ3v) is 5.65. The first kappa shape index (κ1) is 25.2. The van der Waals surface area contributed by atoms with Crippen LogP contribution >= 0.6 is 24.8 Å². The molecule has 3 rings (SSSR count). The molecule has 0 bridgehead atoms. The van der Waals surface area contributed by atoms with Crippen molar-refractivity contribution in [3.63, 3.8) is 0 Å². The summed E-state index contributed by atoms with van der Waals surface area (Å²) in [6.07, 6.45) is 5.15. The minimum absolute atomic E-state index is 0. The van der Waals surface area contributed by atoms with Crippen LogP contribution in [0.5, 0.6) is 0 Å². The Bertz CT molecular complexity index is 599. The fraction of sp³-hybridized carbons (Fsp3) is 0.667. The lowest BCUT2D eigenvalue weighted by Crippen LogP contribution is -2.51. The Morgan fingerprint density at radius 2 is 2.00 bits per heavy atom. The topological polar surface area (TPSA) is 35.6 Å². The third kappa shape index (κ3) is 6.87. The summed E-state index contributed by atoms with van der Waals surface area (Å²) in [6.45, 7) is 7.54. The SMILES string of the molecule is CCCN(C(=O)C1CCCN(Cc2cccc(F)c2)C1)C1CCNCC1.Cl.Cl. The van der Waals surface area contributed by atoms with Crippen LogP contribution in [0.2, 0.25) is 0 Å². The van der Waals surface area contributed by atoms with Crippen LogP contribution < -0.4 is 5.32 Å². The fourth-order valence-electron chi connectivity index (χ4n) is 4.36. The molecule has 1 aromatic carbocycles. The van der Waals surface area contributed by atoms with Gasteiger partial charge in [0.05, 0.1) is 5.92 Å². The monoisotopic (exact) mass is 433 g/mol. The van der Waals surface area contributed by atoms with Crippen LogP contribution in [0, 0.1) is 11.7 Å². The Hall–Kier alpha value is -0.880. The number of rotatable bonds is 6. The summed E-state index contributed by atoms with van der Waals surface area (Å²) in [5, 5.41) is 3.39. The molecule has 0 saturated carbocycles. The number of halogens is 3. The predicted octanol–water partition coefficient (Wildman–Crippen LogP) is 3.87. The molecule has 0 aromatic heterocycles. The van der Waals surface area contributed by atoms with Gasteiger partial charge in [0.25, 0.3) is 0 Å². The van der Waals surface area contributed by atoms with Gasteiger partial charge in [-0.25, -0.2) is 4.39 Å². The van der Waals surface area contributed by atoms with E-state index in [0.717, 1.165) is 76.9 Å². The predicted molar refractivity (Wildman–Crippen MR) is 117 cm³/mol. The summed E-state index contributed by atoms with van der Waals surface area (Å²) in [5.41, 5.74) is 0.988. The molecule has 0 spiro atoms. The van der Waals surface area contributed by atoms with Gasteiger partial charge in [-0.15, -0.1) is 24.8 Å². The quantitative estimate of drug-likeness (QED) is 0.739. The van der Waals surface area contributed by atoms with Crippen molar-refractivity contribution in [3.8, 4) is 0 Å². The van der Waals surface area contributed by atoms with E-state index in [2.05, 4.69) is 22.0 Å². The molecule has 1 unspecified atom stereocenters. The molecule has 7 heteroatoms. The number of likely N-dealkylation sites (tertiary alicyclic amines) is 1. The highest BCUT2D eigenvalue weighted by atomic mass is 35.5. The van der Waals surface area contributed by atoms with E-state index in [9.17, 15) is 9.18 Å². The highest BCUT2D eigenvalue weighted by molar-refractivity contribution is 5.85. The van der Waals surface area contributed by atoms with Crippen LogP contribution in [0.15, 0.2) is 24.3 Å². The lowest BCUT2D eigenvalue weighted by molar-refractivity contribution is -0.140. The number of nitrogens with zero attached hydrogens (tertiary/aromatic N) is 2. The molecule has 0 radical (unpaired) electrons. The normalized spacial score (nSPS) is 20.7. The summed E-state index contributed by atoms with van der Waals surface area (Å²) in [4.78, 5) is 17.7. The van der Waals surface area contributed by atoms with E-state index in [4.69, 9.17) is 0 Å². The van der Waals surface area contributed by atoms with Crippen LogP contribution in [-0.2, 0) is 11.3 Å². The van der Waals surface area contributed by atoms with Crippen LogP contribution in [0.3, 0.4) is 0 Å². The first-order chi connectivity index (χ1) is 12.7. The maximum atomic E-state index is 13.4. The second-order valence-corrected chi connectivity index (χ2v) is 7.72. The Morgan fingerprint density at radius 1 is 1.25 bits per heavy atom. The molecule has 2 saturated heterocycles. The van der Waals surface area contributed by atoms with E-state index >= 15 is 0 Å². The number of benzene rings is 1. The van der Waals surface area contributed by atoms with Crippen LogP contribution in [0.25, 0.3) is 0 Å². The minimum atomic E-state index is -0.188. The van der Waals surface area contributed by atoms with Gasteiger partial charge in [0, 0.05) is 25.7 Å². The van der Waals surface area contributed by atoms with Crippen molar-refractivity contribution in [1.29, 1.82) is 0 Å². The van der Waals surface area contributed by atoms with Crippen molar-refractivity contribution >= 4 is 30.7 Å². The van der Waals surface area contributed by atoms with Gasteiger partial charge in [-0.3, -0.25) is 9.69 Å². The largest absolute Gasteiger partial charge is 0.339 e. The van der Waals surface area contributed by atoms with Crippen molar-refractivity contribution in [1.82, 2.24) is 15.1 Å². The van der Waals surface area contributed by atoms with Gasteiger partial charge in [0.2, 0.25) is 5.91 Å². The number of amides is 1. The summed E-state index contributed by atoms with van der Waals surface area (Å²) in [7, 11) is 0. The number of nitrogens with one attached hydrogen (secondary N) is 1. The van der Waals surface area contributed by atoms with Gasteiger partial charge in [0.1, 0.15) is 5.82 Å². The maximum Gasteiger partial charge on any atom is 0.227 e. The van der Waals surface area contributed by atoms with Gasteiger partial charge >= 0.3 is 0 Å². The lowest BCUT2D eigenvalue weighted by Gasteiger charge is -2.39. The van der Waals surface area contributed by atoms with Crippen molar-refractivity contribution < 1.29 is 9.18 Å². The van der Waals surface area contributed by atoms with E-state index in [-0.39, 0.29) is 36.5 Å². The van der Waals surface area contributed by atoms with Crippen LogP contribution in [-0.4, -0.2) is 54.5 Å². The second kappa shape index (κ2) is 12.6. The minimum Gasteiger partial charge on any atom is -0.339 e. The summed E-state index contributed by atoms with van der Waals surface area (Å²) >= 11 is 0. The number of hydrogen-bond acceptors (Lipinski definition) is 3. The maximum absolute atomic E-state index is 13.4. The Kier molecular flexibility index (Phi) is 11.4. The zero-order valence-electron chi connectivity index (χ0n) is 16.7. The van der Waals surface area contributed by atoms with Crippen molar-refractivity contribution in [2.24, 2.45) is 5.92 Å². The first-order valence-corrected chi connectivity index (χ1v) is 10.2. The standard InChI is InChI=1S/C21H32FN3O.2ClH/c1-2-12-25(20-8-10-23-11-9-20)21(26)18-6-4-13-24(16-18)15-17-5-3-7-19(22)14-17;;/h3,5,7,14,18,20,23H,2,4,6,8-13,15-16H2,1H3;2*1H. The average Bonchev–Trinajstić information content (AvgIpc) is 2.66. The molecule has 2 fully saturated rings. The van der Waals surface area contributed by atoms with Gasteiger partial charge in [-0.05, 0) is 69.4 Å². The Labute approximate surface area is 181 Å². The molecule has 1 atom stereocenters. The second-order valence-electron chi connectivity index (χ2n) is 7.72. The summed E-state index contributed by atoms with van der Waals surface area (Å²) < 4.78 is 13.4. The highest BCUT2D eigenvalue weighted by Crippen LogP contribution is 2.24. The number of carbonyl (C=O) groups is 1.